The van der Waals surface area contributed by atoms with Gasteiger partial charge in [0, 0.05) is 6.04 Å². The zero-order chi connectivity index (χ0) is 17.1. The molecule has 128 valence electrons. The fourth-order valence-corrected chi connectivity index (χ4v) is 3.66. The van der Waals surface area contributed by atoms with Gasteiger partial charge in [-0.05, 0) is 44.1 Å². The van der Waals surface area contributed by atoms with Gasteiger partial charge in [0.2, 0.25) is 11.8 Å². The Kier molecular flexibility index (Phi) is 4.99. The maximum absolute atomic E-state index is 12.2. The van der Waals surface area contributed by atoms with Crippen LogP contribution in [0.1, 0.15) is 37.1 Å². The molecule has 2 heterocycles. The molecule has 0 saturated heterocycles. The summed E-state index contributed by atoms with van der Waals surface area (Å²) in [5.74, 6) is 0.0988. The van der Waals surface area contributed by atoms with E-state index < -0.39 is 5.97 Å². The van der Waals surface area contributed by atoms with E-state index in [-0.39, 0.29) is 24.3 Å². The first-order valence-electron chi connectivity index (χ1n) is 8.05. The van der Waals surface area contributed by atoms with Crippen molar-refractivity contribution in [2.24, 2.45) is 5.92 Å². The molecule has 0 aliphatic heterocycles. The zero-order valence-electron chi connectivity index (χ0n) is 13.4. The van der Waals surface area contributed by atoms with Crippen molar-refractivity contribution in [3.63, 3.8) is 0 Å². The van der Waals surface area contributed by atoms with Crippen molar-refractivity contribution in [3.05, 3.63) is 29.0 Å². The summed E-state index contributed by atoms with van der Waals surface area (Å²) >= 11 is 1.54. The van der Waals surface area contributed by atoms with Crippen LogP contribution in [0.4, 0.5) is 0 Å². The molecule has 24 heavy (non-hydrogen) atoms. The number of carboxylic acid groups (broad SMARTS) is 1. The third-order valence-electron chi connectivity index (χ3n) is 4.39. The van der Waals surface area contributed by atoms with Gasteiger partial charge in [0.25, 0.3) is 0 Å². The molecule has 1 aliphatic carbocycles. The van der Waals surface area contributed by atoms with E-state index in [0.717, 1.165) is 4.88 Å². The monoisotopic (exact) mass is 348 g/mol. The quantitative estimate of drug-likeness (QED) is 0.866. The molecule has 2 aromatic rings. The molecule has 0 bridgehead atoms. The predicted molar refractivity (Wildman–Crippen MR) is 89.8 cm³/mol. The minimum Gasteiger partial charge on any atom is -0.481 e. The summed E-state index contributed by atoms with van der Waals surface area (Å²) < 4.78 is 5.64. The van der Waals surface area contributed by atoms with Crippen LogP contribution in [-0.4, -0.2) is 28.0 Å². The number of amides is 1. The number of aryl methyl sites for hydroxylation is 1. The summed E-state index contributed by atoms with van der Waals surface area (Å²) in [6, 6.07) is 3.91. The summed E-state index contributed by atoms with van der Waals surface area (Å²) in [6.45, 7) is 1.81. The molecule has 3 rings (SSSR count). The number of carbonyl (C=O) groups excluding carboxylic acids is 1. The third kappa shape index (κ3) is 3.84. The van der Waals surface area contributed by atoms with Crippen molar-refractivity contribution < 1.29 is 19.1 Å². The van der Waals surface area contributed by atoms with Crippen LogP contribution in [0.5, 0.6) is 0 Å². The second kappa shape index (κ2) is 7.17. The van der Waals surface area contributed by atoms with E-state index in [1.54, 1.807) is 11.3 Å². The highest BCUT2D eigenvalue weighted by Gasteiger charge is 2.27. The summed E-state index contributed by atoms with van der Waals surface area (Å²) in [4.78, 5) is 28.6. The highest BCUT2D eigenvalue weighted by Crippen LogP contribution is 2.27. The Morgan fingerprint density at radius 2 is 2.12 bits per heavy atom. The van der Waals surface area contributed by atoms with Crippen molar-refractivity contribution in [3.8, 4) is 10.8 Å². The molecule has 7 heteroatoms. The van der Waals surface area contributed by atoms with E-state index in [2.05, 4.69) is 10.3 Å². The fraction of sp³-hybridized carbons (Fsp3) is 0.471. The van der Waals surface area contributed by atoms with Crippen LogP contribution in [0.2, 0.25) is 0 Å². The van der Waals surface area contributed by atoms with Gasteiger partial charge in [-0.1, -0.05) is 6.07 Å². The molecule has 6 nitrogen and oxygen atoms in total. The van der Waals surface area contributed by atoms with Crippen molar-refractivity contribution in [1.29, 1.82) is 0 Å². The van der Waals surface area contributed by atoms with Gasteiger partial charge in [-0.2, -0.15) is 0 Å². The van der Waals surface area contributed by atoms with Crippen LogP contribution in [0.25, 0.3) is 10.8 Å². The Morgan fingerprint density at radius 1 is 1.38 bits per heavy atom. The van der Waals surface area contributed by atoms with Crippen LogP contribution in [-0.2, 0) is 16.0 Å². The topological polar surface area (TPSA) is 92.4 Å². The fourth-order valence-electron chi connectivity index (χ4n) is 3.01. The number of hydrogen-bond donors (Lipinski definition) is 2. The van der Waals surface area contributed by atoms with Crippen molar-refractivity contribution in [1.82, 2.24) is 10.3 Å². The Labute approximate surface area is 143 Å². The molecule has 1 aliphatic rings. The number of aliphatic carboxylic acids is 1. The van der Waals surface area contributed by atoms with Crippen LogP contribution in [0, 0.1) is 12.8 Å². The highest BCUT2D eigenvalue weighted by molar-refractivity contribution is 7.13. The number of rotatable bonds is 5. The summed E-state index contributed by atoms with van der Waals surface area (Å²) in [5, 5.41) is 13.9. The van der Waals surface area contributed by atoms with E-state index in [1.165, 1.54) is 0 Å². The van der Waals surface area contributed by atoms with Crippen molar-refractivity contribution in [2.45, 2.75) is 45.1 Å². The molecular formula is C17H20N2O4S. The number of oxazole rings is 1. The Balaban J connectivity index is 1.55. The van der Waals surface area contributed by atoms with Crippen LogP contribution < -0.4 is 5.32 Å². The van der Waals surface area contributed by atoms with E-state index in [4.69, 9.17) is 9.52 Å². The number of carboxylic acids is 1. The molecule has 0 unspecified atom stereocenters. The number of nitrogens with zero attached hydrogens (tertiary/aromatic N) is 1. The first-order valence-corrected chi connectivity index (χ1v) is 8.93. The molecule has 0 aromatic carbocycles. The second-order valence-electron chi connectivity index (χ2n) is 6.13. The number of thiophene rings is 1. The van der Waals surface area contributed by atoms with Gasteiger partial charge < -0.3 is 14.8 Å². The number of nitrogens with one attached hydrogen (secondary N) is 1. The Hall–Kier alpha value is -2.15. The lowest BCUT2D eigenvalue weighted by atomic mass is 9.86. The van der Waals surface area contributed by atoms with E-state index in [1.807, 2.05) is 24.4 Å². The Bertz CT molecular complexity index is 715. The minimum atomic E-state index is -0.737. The van der Waals surface area contributed by atoms with Crippen LogP contribution >= 0.6 is 11.3 Å². The highest BCUT2D eigenvalue weighted by atomic mass is 32.1. The zero-order valence-corrected chi connectivity index (χ0v) is 14.3. The van der Waals surface area contributed by atoms with Gasteiger partial charge in [0.1, 0.15) is 5.76 Å². The summed E-state index contributed by atoms with van der Waals surface area (Å²) in [7, 11) is 0. The second-order valence-corrected chi connectivity index (χ2v) is 7.08. The van der Waals surface area contributed by atoms with E-state index in [9.17, 15) is 9.59 Å². The average Bonchev–Trinajstić information content (AvgIpc) is 3.18. The molecular weight excluding hydrogens is 328 g/mol. The molecule has 0 atom stereocenters. The molecule has 2 N–H and O–H groups in total. The smallest absolute Gasteiger partial charge is 0.306 e. The van der Waals surface area contributed by atoms with Gasteiger partial charge >= 0.3 is 5.97 Å². The lowest BCUT2D eigenvalue weighted by molar-refractivity contribution is -0.142. The third-order valence-corrected chi connectivity index (χ3v) is 5.25. The lowest BCUT2D eigenvalue weighted by Gasteiger charge is -2.26. The van der Waals surface area contributed by atoms with Crippen molar-refractivity contribution >= 4 is 23.2 Å². The van der Waals surface area contributed by atoms with Gasteiger partial charge in [0.15, 0.2) is 0 Å². The van der Waals surface area contributed by atoms with Gasteiger partial charge in [0.05, 0.1) is 22.9 Å². The molecule has 0 radical (unpaired) electrons. The average molecular weight is 348 g/mol. The number of hydrogen-bond acceptors (Lipinski definition) is 5. The first-order chi connectivity index (χ1) is 11.5. The summed E-state index contributed by atoms with van der Waals surface area (Å²) in [5.41, 5.74) is 0.648. The first kappa shape index (κ1) is 16.7. The molecule has 0 spiro atoms. The molecule has 1 saturated carbocycles. The van der Waals surface area contributed by atoms with E-state index >= 15 is 0 Å². The van der Waals surface area contributed by atoms with E-state index in [0.29, 0.717) is 43.0 Å². The minimum absolute atomic E-state index is 0.0528. The lowest BCUT2D eigenvalue weighted by Crippen LogP contribution is -2.39. The molecule has 1 amide bonds. The van der Waals surface area contributed by atoms with Crippen LogP contribution in [0.15, 0.2) is 21.9 Å². The van der Waals surface area contributed by atoms with Gasteiger partial charge in [-0.15, -0.1) is 11.3 Å². The predicted octanol–water partition coefficient (Wildman–Crippen LogP) is 3.01. The number of aromatic nitrogens is 1. The van der Waals surface area contributed by atoms with Gasteiger partial charge in [-0.3, -0.25) is 9.59 Å². The largest absolute Gasteiger partial charge is 0.481 e. The maximum Gasteiger partial charge on any atom is 0.306 e. The van der Waals surface area contributed by atoms with Crippen molar-refractivity contribution in [2.75, 3.05) is 0 Å². The van der Waals surface area contributed by atoms with Crippen LogP contribution in [0.3, 0.4) is 0 Å². The Morgan fingerprint density at radius 3 is 2.75 bits per heavy atom. The summed E-state index contributed by atoms with van der Waals surface area (Å²) in [6.07, 6.45) is 2.83. The molecule has 1 fully saturated rings. The normalized spacial score (nSPS) is 20.7. The standard InChI is InChI=1S/C17H20N2O4S/c1-10-13(19-16(23-10)14-3-2-8-24-14)9-15(20)18-12-6-4-11(5-7-12)17(21)22/h2-3,8,11-12H,4-7,9H2,1H3,(H,18,20)(H,21,22). The molecule has 2 aromatic heterocycles. The SMILES string of the molecule is Cc1oc(-c2cccs2)nc1CC(=O)NC1CCC(C(=O)O)CC1. The van der Waals surface area contributed by atoms with Gasteiger partial charge in [-0.25, -0.2) is 4.98 Å². The number of carbonyl (C=O) groups is 2. The maximum atomic E-state index is 12.2.